The molecule has 0 aliphatic carbocycles. The smallest absolute Gasteiger partial charge is 0.328 e. The number of methoxy groups -OCH3 is 1. The van der Waals surface area contributed by atoms with E-state index in [0.717, 1.165) is 0 Å². The van der Waals surface area contributed by atoms with Gasteiger partial charge in [-0.05, 0) is 43.2 Å². The first-order chi connectivity index (χ1) is 21.7. The number of fused-ring (bicyclic) bond motifs is 1. The average Bonchev–Trinajstić information content (AvgIpc) is 3.03. The van der Waals surface area contributed by atoms with Crippen LogP contribution in [0.5, 0.6) is 11.5 Å². The molecular formula is C31H28Cl2F2N6O4. The Hall–Kier alpha value is -4.26. The first kappa shape index (κ1) is 30.8. The second-order valence-corrected chi connectivity index (χ2v) is 11.5. The van der Waals surface area contributed by atoms with Crippen molar-refractivity contribution >= 4 is 63.2 Å². The fourth-order valence-electron chi connectivity index (χ4n) is 5.41. The highest BCUT2D eigenvalue weighted by Gasteiger charge is 2.26. The van der Waals surface area contributed by atoms with Gasteiger partial charge < -0.3 is 14.8 Å². The largest absolute Gasteiger partial charge is 0.493 e. The van der Waals surface area contributed by atoms with Crippen molar-refractivity contribution in [3.8, 4) is 11.5 Å². The molecule has 2 N–H and O–H groups in total. The predicted molar refractivity (Wildman–Crippen MR) is 167 cm³/mol. The van der Waals surface area contributed by atoms with E-state index >= 15 is 4.39 Å². The first-order valence-corrected chi connectivity index (χ1v) is 15.0. The first-order valence-electron chi connectivity index (χ1n) is 14.2. The lowest BCUT2D eigenvalue weighted by Crippen LogP contribution is -2.49. The molecule has 0 atom stereocenters. The molecule has 0 unspecified atom stereocenters. The highest BCUT2D eigenvalue weighted by molar-refractivity contribution is 6.42. The van der Waals surface area contributed by atoms with Gasteiger partial charge >= 0.3 is 6.03 Å². The van der Waals surface area contributed by atoms with Crippen LogP contribution in [0, 0.1) is 11.6 Å². The third kappa shape index (κ3) is 6.58. The maximum Gasteiger partial charge on any atom is 0.328 e. The number of halogens is 4. The summed E-state index contributed by atoms with van der Waals surface area (Å²) in [6.07, 6.45) is 2.77. The standard InChI is InChI=1S/C31H28Cl2F2N6O4/c1-44-25-14-24-20(30(37-16-36-24)38-23-5-4-21(32)28(33)29(23)35)13-26(25)45-19-6-9-40(10-7-19)15-17-2-3-18(12-22(17)34)41-11-8-27(42)39-31(41)43/h2-5,12-14,16,19H,6-11,15H2,1H3,(H,36,37,38)(H,39,42,43). The molecule has 6 rings (SSSR count). The number of carbonyl (C=O) groups is 2. The van der Waals surface area contributed by atoms with Gasteiger partial charge in [0.1, 0.15) is 24.1 Å². The van der Waals surface area contributed by atoms with E-state index in [9.17, 15) is 14.0 Å². The van der Waals surface area contributed by atoms with Gasteiger partial charge in [0.2, 0.25) is 5.91 Å². The van der Waals surface area contributed by atoms with Crippen LogP contribution in [0.25, 0.3) is 10.9 Å². The van der Waals surface area contributed by atoms with E-state index in [4.69, 9.17) is 32.7 Å². The number of piperidine rings is 1. The molecule has 10 nitrogen and oxygen atoms in total. The van der Waals surface area contributed by atoms with Gasteiger partial charge in [0.15, 0.2) is 17.3 Å². The van der Waals surface area contributed by atoms with E-state index in [1.54, 1.807) is 31.4 Å². The van der Waals surface area contributed by atoms with Crippen LogP contribution in [-0.4, -0.2) is 59.7 Å². The predicted octanol–water partition coefficient (Wildman–Crippen LogP) is 6.46. The lowest BCUT2D eigenvalue weighted by Gasteiger charge is -2.32. The van der Waals surface area contributed by atoms with Crippen LogP contribution in [0.1, 0.15) is 24.8 Å². The number of hydrogen-bond donors (Lipinski definition) is 2. The molecule has 45 heavy (non-hydrogen) atoms. The number of anilines is 3. The number of aromatic nitrogens is 2. The number of nitrogens with zero attached hydrogens (tertiary/aromatic N) is 4. The van der Waals surface area contributed by atoms with Crippen molar-refractivity contribution in [3.63, 3.8) is 0 Å². The normalized spacial score (nSPS) is 16.2. The van der Waals surface area contributed by atoms with Crippen molar-refractivity contribution in [2.45, 2.75) is 31.9 Å². The molecule has 0 saturated carbocycles. The summed E-state index contributed by atoms with van der Waals surface area (Å²) in [5, 5.41) is 5.72. The van der Waals surface area contributed by atoms with Crippen molar-refractivity contribution in [1.29, 1.82) is 0 Å². The lowest BCUT2D eigenvalue weighted by atomic mass is 10.1. The Bertz CT molecular complexity index is 1790. The topological polar surface area (TPSA) is 109 Å². The average molecular weight is 658 g/mol. The number of hydrogen-bond acceptors (Lipinski definition) is 8. The Kier molecular flexibility index (Phi) is 8.88. The van der Waals surface area contributed by atoms with Crippen LogP contribution >= 0.6 is 23.2 Å². The number of nitrogens with one attached hydrogen (secondary N) is 2. The summed E-state index contributed by atoms with van der Waals surface area (Å²) in [4.78, 5) is 35.7. The van der Waals surface area contributed by atoms with Crippen LogP contribution in [0.3, 0.4) is 0 Å². The highest BCUT2D eigenvalue weighted by atomic mass is 35.5. The Morgan fingerprint density at radius 3 is 2.56 bits per heavy atom. The molecule has 2 aliphatic heterocycles. The molecule has 3 amide bonds. The summed E-state index contributed by atoms with van der Waals surface area (Å²) in [5.41, 5.74) is 1.59. The van der Waals surface area contributed by atoms with E-state index in [1.165, 1.54) is 29.4 Å². The monoisotopic (exact) mass is 656 g/mol. The zero-order valence-electron chi connectivity index (χ0n) is 24.1. The maximum absolute atomic E-state index is 15.0. The Morgan fingerprint density at radius 2 is 1.82 bits per heavy atom. The summed E-state index contributed by atoms with van der Waals surface area (Å²) >= 11 is 11.9. The lowest BCUT2D eigenvalue weighted by molar-refractivity contribution is -0.120. The zero-order valence-corrected chi connectivity index (χ0v) is 25.6. The number of rotatable bonds is 8. The molecule has 4 aromatic rings. The van der Waals surface area contributed by atoms with Gasteiger partial charge in [-0.15, -0.1) is 0 Å². The summed E-state index contributed by atoms with van der Waals surface area (Å²) in [7, 11) is 1.54. The van der Waals surface area contributed by atoms with Gasteiger partial charge in [-0.3, -0.25) is 19.9 Å². The summed E-state index contributed by atoms with van der Waals surface area (Å²) in [5.74, 6) is -0.126. The molecule has 2 aliphatic rings. The van der Waals surface area contributed by atoms with Crippen LogP contribution in [-0.2, 0) is 11.3 Å². The SMILES string of the molecule is COc1cc2ncnc(Nc3ccc(Cl)c(Cl)c3F)c2cc1OC1CCN(Cc2ccc(N3CCC(=O)NC3=O)cc2F)CC1. The minimum Gasteiger partial charge on any atom is -0.493 e. The van der Waals surface area contributed by atoms with E-state index in [1.807, 2.05) is 0 Å². The summed E-state index contributed by atoms with van der Waals surface area (Å²) in [6, 6.07) is 10.6. The van der Waals surface area contributed by atoms with Gasteiger partial charge in [-0.25, -0.2) is 23.5 Å². The van der Waals surface area contributed by atoms with Gasteiger partial charge in [-0.1, -0.05) is 29.3 Å². The zero-order chi connectivity index (χ0) is 31.7. The van der Waals surface area contributed by atoms with Crippen molar-refractivity contribution in [3.05, 3.63) is 76.0 Å². The molecule has 234 valence electrons. The van der Waals surface area contributed by atoms with Gasteiger partial charge in [0, 0.05) is 55.3 Å². The summed E-state index contributed by atoms with van der Waals surface area (Å²) in [6.45, 7) is 1.95. The van der Waals surface area contributed by atoms with Crippen LogP contribution < -0.4 is 25.0 Å². The van der Waals surface area contributed by atoms with Gasteiger partial charge in [-0.2, -0.15) is 0 Å². The Labute approximate surface area is 267 Å². The number of imide groups is 1. The number of likely N-dealkylation sites (tertiary alicyclic amines) is 1. The second kappa shape index (κ2) is 13.0. The summed E-state index contributed by atoms with van der Waals surface area (Å²) < 4.78 is 41.7. The fourth-order valence-corrected chi connectivity index (χ4v) is 5.72. The van der Waals surface area contributed by atoms with Gasteiger partial charge in [0.05, 0.1) is 28.4 Å². The van der Waals surface area contributed by atoms with E-state index in [0.29, 0.717) is 71.9 Å². The van der Waals surface area contributed by atoms with Crippen LogP contribution in [0.2, 0.25) is 10.0 Å². The molecule has 14 heteroatoms. The van der Waals surface area contributed by atoms with Crippen molar-refractivity contribution in [2.24, 2.45) is 0 Å². The van der Waals surface area contributed by atoms with Crippen molar-refractivity contribution in [2.75, 3.05) is 37.0 Å². The maximum atomic E-state index is 15.0. The number of amides is 3. The highest BCUT2D eigenvalue weighted by Crippen LogP contribution is 2.38. The number of ether oxygens (including phenoxy) is 2. The minimum absolute atomic E-state index is 0.102. The van der Waals surface area contributed by atoms with Crippen molar-refractivity contribution < 1.29 is 27.8 Å². The molecule has 3 heterocycles. The number of carbonyl (C=O) groups excluding carboxylic acids is 2. The van der Waals surface area contributed by atoms with E-state index < -0.39 is 17.7 Å². The Balaban J connectivity index is 1.12. The van der Waals surface area contributed by atoms with Crippen molar-refractivity contribution in [1.82, 2.24) is 20.2 Å². The quantitative estimate of drug-likeness (QED) is 0.208. The molecule has 0 bridgehead atoms. The third-order valence-electron chi connectivity index (χ3n) is 7.83. The molecule has 2 saturated heterocycles. The van der Waals surface area contributed by atoms with E-state index in [-0.39, 0.29) is 40.7 Å². The van der Waals surface area contributed by atoms with Gasteiger partial charge in [0.25, 0.3) is 0 Å². The fraction of sp³-hybridized carbons (Fsp3) is 0.290. The molecule has 0 spiro atoms. The number of benzene rings is 3. The molecule has 2 fully saturated rings. The minimum atomic E-state index is -0.699. The number of urea groups is 1. The molecule has 3 aromatic carbocycles. The van der Waals surface area contributed by atoms with Crippen LogP contribution in [0.15, 0.2) is 48.8 Å². The molecule has 1 aromatic heterocycles. The third-order valence-corrected chi connectivity index (χ3v) is 8.61. The van der Waals surface area contributed by atoms with E-state index in [2.05, 4.69) is 25.5 Å². The Morgan fingerprint density at radius 1 is 1.02 bits per heavy atom. The molecule has 0 radical (unpaired) electrons. The molecular weight excluding hydrogens is 629 g/mol. The van der Waals surface area contributed by atoms with Crippen LogP contribution in [0.4, 0.5) is 30.8 Å². The second-order valence-electron chi connectivity index (χ2n) is 10.7.